The summed E-state index contributed by atoms with van der Waals surface area (Å²) in [4.78, 5) is 23.8. The summed E-state index contributed by atoms with van der Waals surface area (Å²) in [6.07, 6.45) is 3.68. The summed E-state index contributed by atoms with van der Waals surface area (Å²) in [6.45, 7) is 17.2. The largest absolute Gasteiger partial charge is 0.478 e. The maximum absolute atomic E-state index is 12.2. The Morgan fingerprint density at radius 2 is 1.75 bits per heavy atom. The Hall–Kier alpha value is -3.90. The Kier molecular flexibility index (Phi) is 13.3. The summed E-state index contributed by atoms with van der Waals surface area (Å²) in [5, 5.41) is 10.2. The Balaban J connectivity index is 0.00000154. The van der Waals surface area contributed by atoms with E-state index in [0.717, 1.165) is 27.6 Å². The van der Waals surface area contributed by atoms with Gasteiger partial charge in [-0.1, -0.05) is 83.3 Å². The van der Waals surface area contributed by atoms with Gasteiger partial charge in [0.05, 0.1) is 13.2 Å². The molecule has 1 unspecified atom stereocenters. The second kappa shape index (κ2) is 15.9. The lowest BCUT2D eigenvalue weighted by Crippen LogP contribution is -2.32. The number of hydrogen-bond acceptors (Lipinski definition) is 5. The average Bonchev–Trinajstić information content (AvgIpc) is 2.89. The van der Waals surface area contributed by atoms with E-state index in [1.54, 1.807) is 30.4 Å². The van der Waals surface area contributed by atoms with Crippen molar-refractivity contribution in [3.8, 4) is 16.9 Å². The van der Waals surface area contributed by atoms with E-state index in [9.17, 15) is 14.7 Å². The van der Waals surface area contributed by atoms with Crippen LogP contribution in [-0.2, 0) is 9.53 Å². The van der Waals surface area contributed by atoms with E-state index in [1.165, 1.54) is 12.1 Å². The predicted octanol–water partition coefficient (Wildman–Crippen LogP) is 6.97. The highest BCUT2D eigenvalue weighted by Gasteiger charge is 2.21. The molecule has 6 nitrogen and oxygen atoms in total. The van der Waals surface area contributed by atoms with Gasteiger partial charge in [-0.2, -0.15) is 0 Å². The molecule has 1 heterocycles. The van der Waals surface area contributed by atoms with Crippen LogP contribution in [0.1, 0.15) is 33.3 Å². The minimum Gasteiger partial charge on any atom is -0.478 e. The zero-order valence-corrected chi connectivity index (χ0v) is 21.7. The van der Waals surface area contributed by atoms with Gasteiger partial charge in [0.25, 0.3) is 0 Å². The van der Waals surface area contributed by atoms with Crippen LogP contribution >= 0.6 is 0 Å². The SMILES string of the molecule is C=C/C=C(\C=C)COCC(Oc1ccc2c(-c3ccccc3C)cc(=O)oc2c1)C(=O)O.CC.CC. The summed E-state index contributed by atoms with van der Waals surface area (Å²) in [5.41, 5.74) is 3.25. The van der Waals surface area contributed by atoms with Gasteiger partial charge >= 0.3 is 11.6 Å². The summed E-state index contributed by atoms with van der Waals surface area (Å²) in [7, 11) is 0. The number of allylic oxidation sites excluding steroid dienone is 2. The normalized spacial score (nSPS) is 11.3. The van der Waals surface area contributed by atoms with Crippen LogP contribution in [0.25, 0.3) is 22.1 Å². The van der Waals surface area contributed by atoms with Crippen molar-refractivity contribution < 1.29 is 23.8 Å². The van der Waals surface area contributed by atoms with Crippen molar-refractivity contribution in [3.05, 3.63) is 101 Å². The lowest BCUT2D eigenvalue weighted by Gasteiger charge is -2.16. The number of carboxylic acids is 1. The first-order valence-corrected chi connectivity index (χ1v) is 12.0. The van der Waals surface area contributed by atoms with E-state index < -0.39 is 17.7 Å². The van der Waals surface area contributed by atoms with Gasteiger partial charge in [-0.25, -0.2) is 9.59 Å². The number of benzene rings is 2. The fraction of sp³-hybridized carbons (Fsp3) is 0.267. The fourth-order valence-corrected chi connectivity index (χ4v) is 3.24. The first-order chi connectivity index (χ1) is 17.4. The number of rotatable bonds is 10. The fourth-order valence-electron chi connectivity index (χ4n) is 3.24. The minimum absolute atomic E-state index is 0.176. The molecule has 0 bridgehead atoms. The number of fused-ring (bicyclic) bond motifs is 1. The Morgan fingerprint density at radius 1 is 1.06 bits per heavy atom. The van der Waals surface area contributed by atoms with Crippen LogP contribution in [0.3, 0.4) is 0 Å². The molecule has 3 aromatic rings. The third kappa shape index (κ3) is 8.40. The van der Waals surface area contributed by atoms with Crippen LogP contribution in [0.2, 0.25) is 0 Å². The average molecular weight is 493 g/mol. The molecule has 192 valence electrons. The third-order valence-electron chi connectivity index (χ3n) is 4.84. The van der Waals surface area contributed by atoms with Crippen LogP contribution < -0.4 is 10.4 Å². The maximum atomic E-state index is 12.2. The molecule has 0 fully saturated rings. The number of carboxylic acid groups (broad SMARTS) is 1. The van der Waals surface area contributed by atoms with Gasteiger partial charge in [0.1, 0.15) is 11.3 Å². The number of aryl methyl sites for hydroxylation is 1. The van der Waals surface area contributed by atoms with Gasteiger partial charge in [0, 0.05) is 23.1 Å². The Bertz CT molecular complexity index is 1240. The smallest absolute Gasteiger partial charge is 0.347 e. The van der Waals surface area contributed by atoms with Crippen molar-refractivity contribution in [2.24, 2.45) is 0 Å². The molecule has 0 amide bonds. The molecule has 0 aliphatic carbocycles. The zero-order valence-electron chi connectivity index (χ0n) is 21.7. The molecule has 2 aromatic carbocycles. The van der Waals surface area contributed by atoms with Gasteiger partial charge in [0.2, 0.25) is 6.10 Å². The molecule has 0 radical (unpaired) electrons. The van der Waals surface area contributed by atoms with Crippen molar-refractivity contribution in [2.45, 2.75) is 40.7 Å². The van der Waals surface area contributed by atoms with Gasteiger partial charge < -0.3 is 19.0 Å². The molecule has 0 saturated heterocycles. The molecule has 0 aliphatic heterocycles. The summed E-state index contributed by atoms with van der Waals surface area (Å²) in [5.74, 6) is -0.919. The molecule has 6 heteroatoms. The Labute approximate surface area is 213 Å². The molecule has 1 N–H and O–H groups in total. The quantitative estimate of drug-likeness (QED) is 0.243. The van der Waals surface area contributed by atoms with E-state index in [4.69, 9.17) is 13.9 Å². The van der Waals surface area contributed by atoms with Crippen LogP contribution in [0, 0.1) is 6.92 Å². The van der Waals surface area contributed by atoms with Crippen molar-refractivity contribution in [2.75, 3.05) is 13.2 Å². The summed E-state index contributed by atoms with van der Waals surface area (Å²) >= 11 is 0. The minimum atomic E-state index is -1.24. The van der Waals surface area contributed by atoms with Crippen molar-refractivity contribution in [3.63, 3.8) is 0 Å². The topological polar surface area (TPSA) is 86.0 Å². The molecule has 0 spiro atoms. The second-order valence-electron chi connectivity index (χ2n) is 7.09. The lowest BCUT2D eigenvalue weighted by molar-refractivity contribution is -0.147. The molecule has 0 aliphatic rings. The van der Waals surface area contributed by atoms with E-state index in [-0.39, 0.29) is 19.0 Å². The van der Waals surface area contributed by atoms with E-state index in [1.807, 2.05) is 58.9 Å². The third-order valence-corrected chi connectivity index (χ3v) is 4.84. The maximum Gasteiger partial charge on any atom is 0.347 e. The van der Waals surface area contributed by atoms with Gasteiger partial charge in [-0.05, 0) is 35.8 Å². The number of ether oxygens (including phenoxy) is 2. The van der Waals surface area contributed by atoms with Crippen LogP contribution in [0.5, 0.6) is 5.75 Å². The highest BCUT2D eigenvalue weighted by atomic mass is 16.6. The first kappa shape index (κ1) is 30.1. The van der Waals surface area contributed by atoms with Crippen LogP contribution in [-0.4, -0.2) is 30.4 Å². The zero-order chi connectivity index (χ0) is 27.1. The monoisotopic (exact) mass is 492 g/mol. The van der Waals surface area contributed by atoms with Crippen molar-refractivity contribution in [1.82, 2.24) is 0 Å². The predicted molar refractivity (Wildman–Crippen MR) is 147 cm³/mol. The van der Waals surface area contributed by atoms with E-state index >= 15 is 0 Å². The molecule has 1 atom stereocenters. The van der Waals surface area contributed by atoms with Crippen molar-refractivity contribution in [1.29, 1.82) is 0 Å². The molecule has 0 saturated carbocycles. The lowest BCUT2D eigenvalue weighted by atomic mass is 9.98. The molecule has 1 aromatic heterocycles. The highest BCUT2D eigenvalue weighted by Crippen LogP contribution is 2.31. The van der Waals surface area contributed by atoms with Crippen LogP contribution in [0.15, 0.2) is 94.7 Å². The van der Waals surface area contributed by atoms with Crippen LogP contribution in [0.4, 0.5) is 0 Å². The highest BCUT2D eigenvalue weighted by molar-refractivity contribution is 5.94. The van der Waals surface area contributed by atoms with Crippen molar-refractivity contribution >= 4 is 16.9 Å². The van der Waals surface area contributed by atoms with Gasteiger partial charge in [-0.3, -0.25) is 0 Å². The molecule has 3 rings (SSSR count). The Morgan fingerprint density at radius 3 is 2.36 bits per heavy atom. The molecule has 36 heavy (non-hydrogen) atoms. The van der Waals surface area contributed by atoms with E-state index in [0.29, 0.717) is 5.58 Å². The standard InChI is InChI=1S/C26H24O6.2C2H6/c1-4-8-18(5-2)15-30-16-24(26(28)29)31-19-11-12-21-22(14-25(27)32-23(21)13-19)20-10-7-6-9-17(20)3;2*1-2/h4-14,24H,1-2,15-16H2,3H3,(H,28,29);2*1-2H3/b18-8+;;. The summed E-state index contributed by atoms with van der Waals surface area (Å²) < 4.78 is 16.4. The molecular formula is C30H36O6. The number of carbonyl (C=O) groups is 1. The van der Waals surface area contributed by atoms with Gasteiger partial charge in [-0.15, -0.1) is 0 Å². The number of hydrogen-bond donors (Lipinski definition) is 1. The number of aliphatic carboxylic acids is 1. The van der Waals surface area contributed by atoms with Gasteiger partial charge in [0.15, 0.2) is 0 Å². The summed E-state index contributed by atoms with van der Waals surface area (Å²) in [6, 6.07) is 14.1. The first-order valence-electron chi connectivity index (χ1n) is 12.0. The van der Waals surface area contributed by atoms with E-state index in [2.05, 4.69) is 13.2 Å². The second-order valence-corrected chi connectivity index (χ2v) is 7.09. The molecular weight excluding hydrogens is 456 g/mol.